The van der Waals surface area contributed by atoms with Gasteiger partial charge in [0.25, 0.3) is 10.1 Å². The highest BCUT2D eigenvalue weighted by Gasteiger charge is 2.34. The lowest BCUT2D eigenvalue weighted by Gasteiger charge is -2.36. The van der Waals surface area contributed by atoms with Gasteiger partial charge in [-0.15, -0.1) is 11.3 Å². The standard InChI is InChI=1S/C22H24FN3O6S2/c1-34(29,30)31-15-17-14-26(22(28)32-17)16-4-6-20(19(23)13-16)24-8-10-25(11-9-24)21(27)7-5-18-3-2-12-33-18/h2-7,12-13,17H,8-11,14-15H2,1H3/t17-/m1/s1. The molecule has 4 rings (SSSR count). The summed E-state index contributed by atoms with van der Waals surface area (Å²) >= 11 is 1.55. The van der Waals surface area contributed by atoms with Gasteiger partial charge in [0.05, 0.1) is 24.2 Å². The minimum absolute atomic E-state index is 0.0485. The molecule has 182 valence electrons. The van der Waals surface area contributed by atoms with E-state index in [0.717, 1.165) is 11.1 Å². The van der Waals surface area contributed by atoms with Crippen LogP contribution in [0.3, 0.4) is 0 Å². The lowest BCUT2D eigenvalue weighted by Crippen LogP contribution is -2.48. The fourth-order valence-corrected chi connectivity index (χ4v) is 4.77. The van der Waals surface area contributed by atoms with Gasteiger partial charge in [0.1, 0.15) is 18.5 Å². The number of halogens is 1. The number of amides is 2. The average molecular weight is 510 g/mol. The van der Waals surface area contributed by atoms with E-state index in [9.17, 15) is 22.4 Å². The first-order valence-electron chi connectivity index (χ1n) is 10.6. The highest BCUT2D eigenvalue weighted by molar-refractivity contribution is 7.85. The molecule has 2 aromatic rings. The molecule has 1 aromatic heterocycles. The van der Waals surface area contributed by atoms with Crippen LogP contribution < -0.4 is 9.80 Å². The largest absolute Gasteiger partial charge is 0.441 e. The molecule has 0 aliphatic carbocycles. The number of benzene rings is 1. The third-order valence-electron chi connectivity index (χ3n) is 5.45. The van der Waals surface area contributed by atoms with Gasteiger partial charge in [-0.3, -0.25) is 13.9 Å². The fourth-order valence-electron chi connectivity index (χ4n) is 3.75. The number of anilines is 2. The average Bonchev–Trinajstić information content (AvgIpc) is 3.45. The van der Waals surface area contributed by atoms with Gasteiger partial charge >= 0.3 is 6.09 Å². The molecule has 0 saturated carbocycles. The molecule has 2 amide bonds. The first-order valence-corrected chi connectivity index (χ1v) is 13.3. The van der Waals surface area contributed by atoms with E-state index in [1.54, 1.807) is 40.5 Å². The molecule has 1 atom stereocenters. The van der Waals surface area contributed by atoms with Crippen LogP contribution in [0.25, 0.3) is 6.08 Å². The fraction of sp³-hybridized carbons (Fsp3) is 0.364. The second-order valence-electron chi connectivity index (χ2n) is 7.90. The molecular formula is C22H24FN3O6S2. The number of nitrogens with zero attached hydrogens (tertiary/aromatic N) is 3. The third-order valence-corrected chi connectivity index (χ3v) is 6.85. The topological polar surface area (TPSA) is 96.5 Å². The molecule has 9 nitrogen and oxygen atoms in total. The summed E-state index contributed by atoms with van der Waals surface area (Å²) in [5.74, 6) is -0.579. The van der Waals surface area contributed by atoms with E-state index in [2.05, 4.69) is 4.18 Å². The molecule has 1 aromatic carbocycles. The Hall–Kier alpha value is -2.96. The maximum absolute atomic E-state index is 14.9. The Morgan fingerprint density at radius 2 is 2.03 bits per heavy atom. The van der Waals surface area contributed by atoms with Crippen LogP contribution in [0.5, 0.6) is 0 Å². The minimum atomic E-state index is -3.66. The highest BCUT2D eigenvalue weighted by atomic mass is 32.2. The van der Waals surface area contributed by atoms with Crippen LogP contribution in [0, 0.1) is 5.82 Å². The second-order valence-corrected chi connectivity index (χ2v) is 10.5. The molecule has 2 aliphatic heterocycles. The molecule has 0 spiro atoms. The summed E-state index contributed by atoms with van der Waals surface area (Å²) in [6, 6.07) is 8.31. The molecule has 2 saturated heterocycles. The Morgan fingerprint density at radius 1 is 1.26 bits per heavy atom. The lowest BCUT2D eigenvalue weighted by molar-refractivity contribution is -0.126. The Labute approximate surface area is 201 Å². The van der Waals surface area contributed by atoms with Gasteiger partial charge in [-0.2, -0.15) is 8.42 Å². The van der Waals surface area contributed by atoms with Crippen molar-refractivity contribution in [2.24, 2.45) is 0 Å². The van der Waals surface area contributed by atoms with E-state index >= 15 is 0 Å². The highest BCUT2D eigenvalue weighted by Crippen LogP contribution is 2.28. The van der Waals surface area contributed by atoms with Gasteiger partial charge in [-0.05, 0) is 35.7 Å². The number of hydrogen-bond donors (Lipinski definition) is 0. The molecule has 2 aliphatic rings. The maximum atomic E-state index is 14.9. The van der Waals surface area contributed by atoms with Crippen LogP contribution >= 0.6 is 11.3 Å². The minimum Gasteiger partial charge on any atom is -0.441 e. The summed E-state index contributed by atoms with van der Waals surface area (Å²) < 4.78 is 47.0. The normalized spacial score (nSPS) is 19.2. The summed E-state index contributed by atoms with van der Waals surface area (Å²) in [6.45, 7) is 1.64. The molecule has 0 bridgehead atoms. The van der Waals surface area contributed by atoms with Gasteiger partial charge in [0.2, 0.25) is 5.91 Å². The van der Waals surface area contributed by atoms with Crippen molar-refractivity contribution in [1.82, 2.24) is 4.90 Å². The molecule has 3 heterocycles. The number of rotatable bonds is 7. The number of carbonyl (C=O) groups is 2. The number of cyclic esters (lactones) is 1. The van der Waals surface area contributed by atoms with Crippen molar-refractivity contribution in [3.63, 3.8) is 0 Å². The van der Waals surface area contributed by atoms with Gasteiger partial charge in [-0.25, -0.2) is 9.18 Å². The van der Waals surface area contributed by atoms with E-state index in [0.29, 0.717) is 37.6 Å². The first-order chi connectivity index (χ1) is 16.2. The van der Waals surface area contributed by atoms with Gasteiger partial charge in [0.15, 0.2) is 0 Å². The van der Waals surface area contributed by atoms with E-state index in [1.807, 2.05) is 22.4 Å². The number of piperazine rings is 1. The Kier molecular flexibility index (Phi) is 7.19. The SMILES string of the molecule is CS(=O)(=O)OC[C@H]1CN(c2ccc(N3CCN(C(=O)C=Cc4cccs4)CC3)c(F)c2)C(=O)O1. The summed E-state index contributed by atoms with van der Waals surface area (Å²) in [7, 11) is -3.66. The van der Waals surface area contributed by atoms with Crippen LogP contribution in [0.1, 0.15) is 4.88 Å². The van der Waals surface area contributed by atoms with E-state index < -0.39 is 28.1 Å². The van der Waals surface area contributed by atoms with Crippen molar-refractivity contribution in [3.8, 4) is 0 Å². The predicted molar refractivity (Wildman–Crippen MR) is 127 cm³/mol. The number of ether oxygens (including phenoxy) is 1. The van der Waals surface area contributed by atoms with Crippen molar-refractivity contribution in [2.75, 3.05) is 55.4 Å². The maximum Gasteiger partial charge on any atom is 0.414 e. The van der Waals surface area contributed by atoms with E-state index in [4.69, 9.17) is 4.74 Å². The summed E-state index contributed by atoms with van der Waals surface area (Å²) in [5, 5.41) is 1.95. The number of hydrogen-bond acceptors (Lipinski definition) is 8. The zero-order valence-electron chi connectivity index (χ0n) is 18.4. The second kappa shape index (κ2) is 10.1. The quantitative estimate of drug-likeness (QED) is 0.418. The van der Waals surface area contributed by atoms with E-state index in [-0.39, 0.29) is 19.1 Å². The lowest BCUT2D eigenvalue weighted by atomic mass is 10.2. The van der Waals surface area contributed by atoms with Gasteiger partial charge in [0, 0.05) is 37.1 Å². The molecule has 0 unspecified atom stereocenters. The van der Waals surface area contributed by atoms with Crippen molar-refractivity contribution < 1.29 is 31.3 Å². The molecular weight excluding hydrogens is 485 g/mol. The Balaban J connectivity index is 1.34. The van der Waals surface area contributed by atoms with Gasteiger partial charge < -0.3 is 14.5 Å². The number of thiophene rings is 1. The Morgan fingerprint density at radius 3 is 2.68 bits per heavy atom. The Bertz CT molecular complexity index is 1180. The first kappa shape index (κ1) is 24.2. The zero-order valence-corrected chi connectivity index (χ0v) is 20.1. The molecule has 0 radical (unpaired) electrons. The summed E-state index contributed by atoms with van der Waals surface area (Å²) in [6.07, 6.45) is 2.79. The van der Waals surface area contributed by atoms with Crippen LogP contribution in [0.15, 0.2) is 41.8 Å². The molecule has 2 fully saturated rings. The van der Waals surface area contributed by atoms with Crippen molar-refractivity contribution in [3.05, 3.63) is 52.5 Å². The predicted octanol–water partition coefficient (Wildman–Crippen LogP) is 2.55. The summed E-state index contributed by atoms with van der Waals surface area (Å²) in [5.41, 5.74) is 0.690. The monoisotopic (exact) mass is 509 g/mol. The van der Waals surface area contributed by atoms with Crippen molar-refractivity contribution in [1.29, 1.82) is 0 Å². The number of carbonyl (C=O) groups excluding carboxylic acids is 2. The molecule has 12 heteroatoms. The smallest absolute Gasteiger partial charge is 0.414 e. The van der Waals surface area contributed by atoms with Crippen LogP contribution in [-0.4, -0.2) is 77.0 Å². The van der Waals surface area contributed by atoms with Crippen LogP contribution in [0.2, 0.25) is 0 Å². The van der Waals surface area contributed by atoms with Crippen LogP contribution in [0.4, 0.5) is 20.6 Å². The zero-order chi connectivity index (χ0) is 24.3. The van der Waals surface area contributed by atoms with Crippen molar-refractivity contribution >= 4 is 50.9 Å². The molecule has 0 N–H and O–H groups in total. The van der Waals surface area contributed by atoms with Gasteiger partial charge in [-0.1, -0.05) is 6.07 Å². The van der Waals surface area contributed by atoms with Crippen molar-refractivity contribution in [2.45, 2.75) is 6.10 Å². The van der Waals surface area contributed by atoms with E-state index in [1.165, 1.54) is 11.0 Å². The third kappa shape index (κ3) is 5.93. The van der Waals surface area contributed by atoms with Crippen LogP contribution in [-0.2, 0) is 23.8 Å². The summed E-state index contributed by atoms with van der Waals surface area (Å²) in [4.78, 5) is 30.4. The molecule has 34 heavy (non-hydrogen) atoms.